The maximum Gasteiger partial charge on any atom is 0.407 e. The summed E-state index contributed by atoms with van der Waals surface area (Å²) in [7, 11) is -3.67. The molecule has 0 heterocycles. The second kappa shape index (κ2) is 12.3. The lowest BCUT2D eigenvalue weighted by Gasteiger charge is -2.19. The molecule has 0 saturated heterocycles. The molecular weight excluding hydrogens is 542 g/mol. The van der Waals surface area contributed by atoms with Crippen LogP contribution in [-0.2, 0) is 37.4 Å². The number of ether oxygens (including phenoxy) is 2. The molecule has 4 aromatic rings. The standard InChI is InChI=1S/C32H29NO7S/c1-41(36,37)40-24-17-15-22(16-18-24)19-30(31(34)38-20-23-9-3-2-4-10-23)33-32(35)39-21-29-27-13-7-5-11-25(27)26-12-6-8-14-28(26)29/h2-18,29-30H,19-21H2,1H3,(H,33,35). The van der Waals surface area contributed by atoms with Crippen molar-refractivity contribution in [1.29, 1.82) is 0 Å². The minimum absolute atomic E-state index is 0.0453. The first-order valence-corrected chi connectivity index (χ1v) is 14.9. The Labute approximate surface area is 239 Å². The summed E-state index contributed by atoms with van der Waals surface area (Å²) in [5, 5.41) is 2.66. The fraction of sp³-hybridized carbons (Fsp3) is 0.188. The van der Waals surface area contributed by atoms with E-state index in [2.05, 4.69) is 17.4 Å². The maximum absolute atomic E-state index is 13.1. The van der Waals surface area contributed by atoms with Gasteiger partial charge in [0, 0.05) is 12.3 Å². The van der Waals surface area contributed by atoms with Crippen molar-refractivity contribution in [3.8, 4) is 16.9 Å². The van der Waals surface area contributed by atoms with Crippen LogP contribution in [0.25, 0.3) is 11.1 Å². The van der Waals surface area contributed by atoms with Gasteiger partial charge in [-0.3, -0.25) is 0 Å². The third kappa shape index (κ3) is 7.12. The van der Waals surface area contributed by atoms with E-state index in [4.69, 9.17) is 13.7 Å². The minimum Gasteiger partial charge on any atom is -0.459 e. The molecule has 210 valence electrons. The molecule has 41 heavy (non-hydrogen) atoms. The highest BCUT2D eigenvalue weighted by atomic mass is 32.2. The first-order chi connectivity index (χ1) is 19.8. The van der Waals surface area contributed by atoms with Crippen LogP contribution < -0.4 is 9.50 Å². The summed E-state index contributed by atoms with van der Waals surface area (Å²) in [5.74, 6) is -0.609. The molecule has 8 nitrogen and oxygen atoms in total. The second-order valence-corrected chi connectivity index (χ2v) is 11.3. The van der Waals surface area contributed by atoms with Crippen molar-refractivity contribution in [2.24, 2.45) is 0 Å². The summed E-state index contributed by atoms with van der Waals surface area (Å²) < 4.78 is 38.9. The highest BCUT2D eigenvalue weighted by Crippen LogP contribution is 2.44. The van der Waals surface area contributed by atoms with Gasteiger partial charge in [-0.1, -0.05) is 91.0 Å². The van der Waals surface area contributed by atoms with Gasteiger partial charge in [0.05, 0.1) is 6.26 Å². The van der Waals surface area contributed by atoms with E-state index in [1.165, 1.54) is 12.1 Å². The number of carbonyl (C=O) groups excluding carboxylic acids is 2. The smallest absolute Gasteiger partial charge is 0.407 e. The number of hydrogen-bond acceptors (Lipinski definition) is 7. The third-order valence-corrected chi connectivity index (χ3v) is 7.25. The molecule has 1 atom stereocenters. The Hall–Kier alpha value is -4.63. The number of rotatable bonds is 10. The number of amides is 1. The maximum atomic E-state index is 13.1. The molecular formula is C32H29NO7S. The average Bonchev–Trinajstić information content (AvgIpc) is 3.29. The van der Waals surface area contributed by atoms with E-state index in [1.54, 1.807) is 12.1 Å². The zero-order chi connectivity index (χ0) is 28.8. The molecule has 0 aliphatic heterocycles. The van der Waals surface area contributed by atoms with Gasteiger partial charge in [-0.05, 0) is 45.5 Å². The number of alkyl carbamates (subject to hydrolysis) is 1. The van der Waals surface area contributed by atoms with Crippen molar-refractivity contribution in [2.75, 3.05) is 12.9 Å². The Morgan fingerprint density at radius 3 is 1.95 bits per heavy atom. The molecule has 1 aliphatic carbocycles. The molecule has 0 spiro atoms. The topological polar surface area (TPSA) is 108 Å². The summed E-state index contributed by atoms with van der Waals surface area (Å²) in [5.41, 5.74) is 5.86. The molecule has 1 N–H and O–H groups in total. The fourth-order valence-electron chi connectivity index (χ4n) is 4.90. The third-order valence-electron chi connectivity index (χ3n) is 6.75. The molecule has 5 rings (SSSR count). The molecule has 1 unspecified atom stereocenters. The van der Waals surface area contributed by atoms with Crippen LogP contribution in [0.5, 0.6) is 5.75 Å². The lowest BCUT2D eigenvalue weighted by Crippen LogP contribution is -2.43. The summed E-state index contributed by atoms with van der Waals surface area (Å²) >= 11 is 0. The van der Waals surface area contributed by atoms with E-state index in [9.17, 15) is 18.0 Å². The van der Waals surface area contributed by atoms with E-state index in [0.29, 0.717) is 5.56 Å². The van der Waals surface area contributed by atoms with Crippen molar-refractivity contribution in [2.45, 2.75) is 25.0 Å². The quantitative estimate of drug-likeness (QED) is 0.205. The van der Waals surface area contributed by atoms with Crippen LogP contribution in [0.15, 0.2) is 103 Å². The van der Waals surface area contributed by atoms with Crippen LogP contribution >= 0.6 is 0 Å². The van der Waals surface area contributed by atoms with Gasteiger partial charge >= 0.3 is 22.2 Å². The number of hydrogen-bond donors (Lipinski definition) is 1. The van der Waals surface area contributed by atoms with Crippen LogP contribution in [0.3, 0.4) is 0 Å². The first-order valence-electron chi connectivity index (χ1n) is 13.1. The Morgan fingerprint density at radius 1 is 0.756 bits per heavy atom. The van der Waals surface area contributed by atoms with Crippen molar-refractivity contribution < 1.29 is 31.7 Å². The van der Waals surface area contributed by atoms with Gasteiger partial charge in [0.1, 0.15) is 25.0 Å². The first kappa shape index (κ1) is 27.9. The van der Waals surface area contributed by atoms with E-state index in [-0.39, 0.29) is 31.3 Å². The molecule has 0 bridgehead atoms. The number of benzene rings is 4. The van der Waals surface area contributed by atoms with Crippen LogP contribution in [0, 0.1) is 0 Å². The van der Waals surface area contributed by atoms with Gasteiger partial charge in [0.2, 0.25) is 0 Å². The highest BCUT2D eigenvalue weighted by molar-refractivity contribution is 7.86. The van der Waals surface area contributed by atoms with Gasteiger partial charge in [0.15, 0.2) is 0 Å². The summed E-state index contributed by atoms with van der Waals surface area (Å²) in [6.45, 7) is 0.146. The minimum atomic E-state index is -3.67. The molecule has 0 aromatic heterocycles. The predicted octanol–water partition coefficient (Wildman–Crippen LogP) is 5.22. The number of fused-ring (bicyclic) bond motifs is 3. The molecule has 9 heteroatoms. The summed E-state index contributed by atoms with van der Waals surface area (Å²) in [6.07, 6.45) is 0.306. The molecule has 4 aromatic carbocycles. The summed E-state index contributed by atoms with van der Waals surface area (Å²) in [4.78, 5) is 26.1. The fourth-order valence-corrected chi connectivity index (χ4v) is 5.36. The second-order valence-electron chi connectivity index (χ2n) is 9.75. The van der Waals surface area contributed by atoms with Crippen molar-refractivity contribution >= 4 is 22.2 Å². The lowest BCUT2D eigenvalue weighted by atomic mass is 9.98. The Balaban J connectivity index is 1.27. The zero-order valence-electron chi connectivity index (χ0n) is 22.4. The van der Waals surface area contributed by atoms with Crippen LogP contribution in [0.2, 0.25) is 0 Å². The average molecular weight is 572 g/mol. The van der Waals surface area contributed by atoms with Crippen LogP contribution in [0.1, 0.15) is 28.2 Å². The van der Waals surface area contributed by atoms with Crippen molar-refractivity contribution in [1.82, 2.24) is 5.32 Å². The molecule has 1 aliphatic rings. The lowest BCUT2D eigenvalue weighted by molar-refractivity contribution is -0.147. The zero-order valence-corrected chi connectivity index (χ0v) is 23.2. The van der Waals surface area contributed by atoms with Crippen molar-refractivity contribution in [3.63, 3.8) is 0 Å². The number of esters is 1. The Morgan fingerprint density at radius 2 is 1.34 bits per heavy atom. The monoisotopic (exact) mass is 571 g/mol. The molecule has 0 saturated carbocycles. The van der Waals surface area contributed by atoms with Crippen LogP contribution in [-0.4, -0.2) is 39.4 Å². The molecule has 0 fully saturated rings. The van der Waals surface area contributed by atoms with E-state index in [0.717, 1.165) is 34.1 Å². The van der Waals surface area contributed by atoms with Gasteiger partial charge in [0.25, 0.3) is 0 Å². The number of carbonyl (C=O) groups is 2. The van der Waals surface area contributed by atoms with E-state index >= 15 is 0 Å². The van der Waals surface area contributed by atoms with Gasteiger partial charge in [-0.15, -0.1) is 0 Å². The highest BCUT2D eigenvalue weighted by Gasteiger charge is 2.30. The molecule has 0 radical (unpaired) electrons. The summed E-state index contributed by atoms with van der Waals surface area (Å²) in [6, 6.07) is 30.4. The molecule has 1 amide bonds. The van der Waals surface area contributed by atoms with Gasteiger partial charge < -0.3 is 19.0 Å². The SMILES string of the molecule is CS(=O)(=O)Oc1ccc(CC(NC(=O)OCC2c3ccccc3-c3ccccc32)C(=O)OCc2ccccc2)cc1. The largest absolute Gasteiger partial charge is 0.459 e. The van der Waals surface area contributed by atoms with Crippen molar-refractivity contribution in [3.05, 3.63) is 125 Å². The van der Waals surface area contributed by atoms with Gasteiger partial charge in [-0.2, -0.15) is 8.42 Å². The predicted molar refractivity (Wildman–Crippen MR) is 154 cm³/mol. The Bertz CT molecular complexity index is 1590. The van der Waals surface area contributed by atoms with Gasteiger partial charge in [-0.25, -0.2) is 9.59 Å². The van der Waals surface area contributed by atoms with E-state index in [1.807, 2.05) is 66.7 Å². The Kier molecular flexibility index (Phi) is 8.35. The van der Waals surface area contributed by atoms with E-state index < -0.39 is 28.2 Å². The number of nitrogens with one attached hydrogen (secondary N) is 1. The normalized spacial score (nSPS) is 13.0. The van der Waals surface area contributed by atoms with Crippen LogP contribution in [0.4, 0.5) is 4.79 Å².